The zero-order valence-electron chi connectivity index (χ0n) is 6.75. The van der Waals surface area contributed by atoms with Crippen LogP contribution in [0.3, 0.4) is 0 Å². The fourth-order valence-electron chi connectivity index (χ4n) is 1.07. The molecule has 0 aliphatic rings. The van der Waals surface area contributed by atoms with Gasteiger partial charge in [0.25, 0.3) is 0 Å². The lowest BCUT2D eigenvalue weighted by Gasteiger charge is -1.89. The van der Waals surface area contributed by atoms with Crippen molar-refractivity contribution >= 4 is 33.2 Å². The van der Waals surface area contributed by atoms with Gasteiger partial charge < -0.3 is 0 Å². The Morgan fingerprint density at radius 1 is 1.46 bits per heavy atom. The Kier molecular flexibility index (Phi) is 2.49. The van der Waals surface area contributed by atoms with Crippen LogP contribution in [0.1, 0.15) is 5.56 Å². The van der Waals surface area contributed by atoms with Crippen LogP contribution in [0, 0.1) is 11.8 Å². The molecular weight excluding hydrogens is 202 g/mol. The van der Waals surface area contributed by atoms with E-state index in [0.717, 1.165) is 11.1 Å². The number of benzene rings is 1. The maximum Gasteiger partial charge on any atom is 0.0839 e. The molecule has 1 nitrogen and oxygen atoms in total. The van der Waals surface area contributed by atoms with Crippen LogP contribution < -0.4 is 0 Å². The van der Waals surface area contributed by atoms with E-state index in [0.29, 0.717) is 5.88 Å². The largest absolute Gasteiger partial charge is 0.245 e. The molecule has 1 heterocycles. The van der Waals surface area contributed by atoms with Crippen LogP contribution in [0.25, 0.3) is 10.2 Å². The molecule has 0 unspecified atom stereocenters. The van der Waals surface area contributed by atoms with Gasteiger partial charge in [-0.1, -0.05) is 11.8 Å². The van der Waals surface area contributed by atoms with E-state index in [9.17, 15) is 0 Å². The minimum atomic E-state index is 0.376. The number of rotatable bonds is 0. The molecule has 0 fully saturated rings. The van der Waals surface area contributed by atoms with E-state index >= 15 is 0 Å². The zero-order valence-corrected chi connectivity index (χ0v) is 8.32. The minimum absolute atomic E-state index is 0.376. The van der Waals surface area contributed by atoms with Gasteiger partial charge in [0, 0.05) is 5.56 Å². The Morgan fingerprint density at radius 3 is 3.23 bits per heavy atom. The number of hydrogen-bond acceptors (Lipinski definition) is 2. The summed E-state index contributed by atoms with van der Waals surface area (Å²) in [4.78, 5) is 4.18. The standard InChI is InChI=1S/C10H6ClNS/c11-5-1-2-8-3-4-9-10(6-8)13-7-12-9/h3-4,6-7H,5H2. The Morgan fingerprint density at radius 2 is 2.38 bits per heavy atom. The molecule has 0 aliphatic carbocycles. The van der Waals surface area contributed by atoms with Gasteiger partial charge >= 0.3 is 0 Å². The normalized spacial score (nSPS) is 9.62. The van der Waals surface area contributed by atoms with Gasteiger partial charge in [-0.05, 0) is 18.2 Å². The summed E-state index contributed by atoms with van der Waals surface area (Å²) < 4.78 is 1.17. The predicted molar refractivity (Wildman–Crippen MR) is 57.2 cm³/mol. The number of alkyl halides is 1. The molecule has 0 saturated heterocycles. The number of hydrogen-bond donors (Lipinski definition) is 0. The fraction of sp³-hybridized carbons (Fsp3) is 0.100. The second-order valence-corrected chi connectivity index (χ2v) is 3.62. The van der Waals surface area contributed by atoms with Gasteiger partial charge in [0.05, 0.1) is 21.6 Å². The van der Waals surface area contributed by atoms with Gasteiger partial charge in [0.15, 0.2) is 0 Å². The first kappa shape index (κ1) is 8.55. The van der Waals surface area contributed by atoms with E-state index in [4.69, 9.17) is 11.6 Å². The van der Waals surface area contributed by atoms with Crippen molar-refractivity contribution in [1.29, 1.82) is 0 Å². The summed E-state index contributed by atoms with van der Waals surface area (Å²) in [5, 5.41) is 0. The third kappa shape index (κ3) is 1.82. The molecule has 0 bridgehead atoms. The average Bonchev–Trinajstić information content (AvgIpc) is 2.61. The van der Waals surface area contributed by atoms with Crippen LogP contribution in [-0.2, 0) is 0 Å². The van der Waals surface area contributed by atoms with E-state index < -0.39 is 0 Å². The molecular formula is C10H6ClNS. The van der Waals surface area contributed by atoms with Crippen molar-refractivity contribution in [1.82, 2.24) is 4.98 Å². The maximum atomic E-state index is 5.47. The first-order valence-corrected chi connectivity index (χ1v) is 5.19. The summed E-state index contributed by atoms with van der Waals surface area (Å²) in [6.07, 6.45) is 0. The van der Waals surface area contributed by atoms with Crippen LogP contribution >= 0.6 is 22.9 Å². The smallest absolute Gasteiger partial charge is 0.0839 e. The molecule has 1 aromatic heterocycles. The van der Waals surface area contributed by atoms with E-state index in [1.807, 2.05) is 23.7 Å². The number of aromatic nitrogens is 1. The highest BCUT2D eigenvalue weighted by Crippen LogP contribution is 2.18. The lowest BCUT2D eigenvalue weighted by Crippen LogP contribution is -1.73. The third-order valence-corrected chi connectivity index (χ3v) is 2.56. The quantitative estimate of drug-likeness (QED) is 0.478. The van der Waals surface area contributed by atoms with Gasteiger partial charge in [-0.3, -0.25) is 0 Å². The summed E-state index contributed by atoms with van der Waals surface area (Å²) >= 11 is 7.09. The third-order valence-electron chi connectivity index (χ3n) is 1.63. The molecule has 0 N–H and O–H groups in total. The van der Waals surface area contributed by atoms with Gasteiger partial charge in [0.2, 0.25) is 0 Å². The predicted octanol–water partition coefficient (Wildman–Crippen LogP) is 2.89. The molecule has 0 spiro atoms. The highest BCUT2D eigenvalue weighted by atomic mass is 35.5. The minimum Gasteiger partial charge on any atom is -0.245 e. The molecule has 2 rings (SSSR count). The summed E-state index contributed by atoms with van der Waals surface area (Å²) in [5.74, 6) is 6.17. The van der Waals surface area contributed by atoms with Crippen molar-refractivity contribution < 1.29 is 0 Å². The Bertz CT molecular complexity index is 478. The van der Waals surface area contributed by atoms with Crippen LogP contribution in [-0.4, -0.2) is 10.9 Å². The SMILES string of the molecule is ClCC#Cc1ccc2ncsc2c1. The van der Waals surface area contributed by atoms with Crippen molar-refractivity contribution in [3.05, 3.63) is 29.3 Å². The van der Waals surface area contributed by atoms with Crippen LogP contribution in [0.2, 0.25) is 0 Å². The number of fused-ring (bicyclic) bond motifs is 1. The molecule has 2 aromatic rings. The van der Waals surface area contributed by atoms with Gasteiger partial charge in [-0.15, -0.1) is 22.9 Å². The van der Waals surface area contributed by atoms with Crippen LogP contribution in [0.4, 0.5) is 0 Å². The topological polar surface area (TPSA) is 12.9 Å². The summed E-state index contributed by atoms with van der Waals surface area (Å²) in [5.41, 5.74) is 3.86. The molecule has 13 heavy (non-hydrogen) atoms. The maximum absolute atomic E-state index is 5.47. The van der Waals surface area contributed by atoms with Crippen LogP contribution in [0.5, 0.6) is 0 Å². The van der Waals surface area contributed by atoms with Crippen molar-refractivity contribution in [2.45, 2.75) is 0 Å². The first-order valence-electron chi connectivity index (χ1n) is 3.78. The molecule has 0 radical (unpaired) electrons. The lowest BCUT2D eigenvalue weighted by molar-refractivity contribution is 1.50. The second-order valence-electron chi connectivity index (χ2n) is 2.47. The molecule has 1 aromatic carbocycles. The molecule has 0 atom stereocenters. The van der Waals surface area contributed by atoms with E-state index in [-0.39, 0.29) is 0 Å². The van der Waals surface area contributed by atoms with Gasteiger partial charge in [-0.2, -0.15) is 0 Å². The second kappa shape index (κ2) is 3.78. The Hall–Kier alpha value is -1.04. The van der Waals surface area contributed by atoms with Crippen LogP contribution in [0.15, 0.2) is 23.7 Å². The van der Waals surface area contributed by atoms with Crippen molar-refractivity contribution in [3.63, 3.8) is 0 Å². The summed E-state index contributed by atoms with van der Waals surface area (Å²) in [6, 6.07) is 5.97. The molecule has 0 amide bonds. The average molecular weight is 208 g/mol. The molecule has 0 saturated carbocycles. The summed E-state index contributed by atoms with van der Waals surface area (Å²) in [6.45, 7) is 0. The van der Waals surface area contributed by atoms with E-state index in [1.54, 1.807) is 11.3 Å². The van der Waals surface area contributed by atoms with E-state index in [1.165, 1.54) is 4.70 Å². The molecule has 64 valence electrons. The van der Waals surface area contributed by atoms with Gasteiger partial charge in [-0.25, -0.2) is 4.98 Å². The zero-order chi connectivity index (χ0) is 9.10. The first-order chi connectivity index (χ1) is 6.40. The van der Waals surface area contributed by atoms with Crippen molar-refractivity contribution in [2.75, 3.05) is 5.88 Å². The highest BCUT2D eigenvalue weighted by Gasteiger charge is 1.95. The fourth-order valence-corrected chi connectivity index (χ4v) is 1.85. The van der Waals surface area contributed by atoms with E-state index in [2.05, 4.69) is 16.8 Å². The monoisotopic (exact) mass is 207 g/mol. The van der Waals surface area contributed by atoms with Gasteiger partial charge in [0.1, 0.15) is 0 Å². The van der Waals surface area contributed by atoms with Crippen molar-refractivity contribution in [3.8, 4) is 11.8 Å². The Balaban J connectivity index is 2.48. The molecule has 3 heteroatoms. The Labute approximate surface area is 85.4 Å². The summed E-state index contributed by atoms with van der Waals surface area (Å²) in [7, 11) is 0. The van der Waals surface area contributed by atoms with Crippen molar-refractivity contribution in [2.24, 2.45) is 0 Å². The number of halogens is 1. The number of nitrogens with zero attached hydrogens (tertiary/aromatic N) is 1. The number of thiazole rings is 1. The highest BCUT2D eigenvalue weighted by molar-refractivity contribution is 7.16. The molecule has 0 aliphatic heterocycles. The lowest BCUT2D eigenvalue weighted by atomic mass is 10.2.